The standard InChI is InChI=1S/C23H27F3N4O3/c1-4-29-16-11-30(19(12(2)3)20(31)27-13-9-10-13)21(32)17(16)18(28-22(29)33)14-7-5-6-8-15(14)23(24,25)26/h5-8,12-13,18-19H,4,9-11H2,1-3H3,(H,27,31)(H,28,33)/t18-,19-/m0/s1. The highest BCUT2D eigenvalue weighted by atomic mass is 19.4. The first-order chi connectivity index (χ1) is 15.5. The number of halogens is 3. The fourth-order valence-electron chi connectivity index (χ4n) is 4.63. The minimum atomic E-state index is -4.66. The molecule has 1 aromatic carbocycles. The van der Waals surface area contributed by atoms with Crippen LogP contribution in [0, 0.1) is 5.92 Å². The van der Waals surface area contributed by atoms with Gasteiger partial charge in [-0.25, -0.2) is 4.79 Å². The molecule has 0 saturated heterocycles. The lowest BCUT2D eigenvalue weighted by Gasteiger charge is -2.33. The molecular formula is C23H27F3N4O3. The lowest BCUT2D eigenvalue weighted by atomic mass is 9.91. The number of likely N-dealkylation sites (N-methyl/N-ethyl adjacent to an activating group) is 1. The SMILES string of the molecule is CCN1C(=O)N[C@@H](c2ccccc2C(F)(F)F)C2=C1CN([C@H](C(=O)NC1CC1)C(C)C)C2=O. The lowest BCUT2D eigenvalue weighted by Crippen LogP contribution is -2.51. The van der Waals surface area contributed by atoms with Crippen molar-refractivity contribution in [2.75, 3.05) is 13.1 Å². The van der Waals surface area contributed by atoms with Crippen molar-refractivity contribution in [3.8, 4) is 0 Å². The Morgan fingerprint density at radius 1 is 1.21 bits per heavy atom. The number of carbonyl (C=O) groups excluding carboxylic acids is 3. The van der Waals surface area contributed by atoms with E-state index in [4.69, 9.17) is 0 Å². The fourth-order valence-corrected chi connectivity index (χ4v) is 4.63. The van der Waals surface area contributed by atoms with Crippen LogP contribution in [0.15, 0.2) is 35.5 Å². The second kappa shape index (κ2) is 8.39. The van der Waals surface area contributed by atoms with E-state index >= 15 is 0 Å². The first kappa shape index (κ1) is 23.1. The minimum Gasteiger partial charge on any atom is -0.352 e. The summed E-state index contributed by atoms with van der Waals surface area (Å²) in [5.41, 5.74) is -0.679. The normalized spacial score (nSPS) is 22.0. The van der Waals surface area contributed by atoms with Crippen molar-refractivity contribution in [2.45, 2.75) is 57.9 Å². The third kappa shape index (κ3) is 4.18. The van der Waals surface area contributed by atoms with Gasteiger partial charge in [-0.3, -0.25) is 14.5 Å². The molecule has 3 aliphatic rings. The molecule has 4 amide bonds. The Labute approximate surface area is 190 Å². The highest BCUT2D eigenvalue weighted by Crippen LogP contribution is 2.42. The zero-order chi connectivity index (χ0) is 24.1. The topological polar surface area (TPSA) is 81.8 Å². The molecule has 2 N–H and O–H groups in total. The Bertz CT molecular complexity index is 1020. The van der Waals surface area contributed by atoms with Gasteiger partial charge in [-0.05, 0) is 37.3 Å². The van der Waals surface area contributed by atoms with Crippen molar-refractivity contribution in [1.29, 1.82) is 0 Å². The third-order valence-corrected chi connectivity index (χ3v) is 6.30. The first-order valence-corrected chi connectivity index (χ1v) is 11.1. The molecule has 7 nitrogen and oxygen atoms in total. The number of carbonyl (C=O) groups is 3. The predicted octanol–water partition coefficient (Wildman–Crippen LogP) is 3.19. The fraction of sp³-hybridized carbons (Fsp3) is 0.522. The van der Waals surface area contributed by atoms with Gasteiger partial charge < -0.3 is 15.5 Å². The number of alkyl halides is 3. The second-order valence-electron chi connectivity index (χ2n) is 8.98. The summed E-state index contributed by atoms with van der Waals surface area (Å²) >= 11 is 0. The molecule has 10 heteroatoms. The van der Waals surface area contributed by atoms with Crippen LogP contribution in [0.2, 0.25) is 0 Å². The van der Waals surface area contributed by atoms with E-state index in [-0.39, 0.29) is 42.1 Å². The summed E-state index contributed by atoms with van der Waals surface area (Å²) < 4.78 is 41.2. The molecule has 2 atom stereocenters. The van der Waals surface area contributed by atoms with Crippen LogP contribution in [0.3, 0.4) is 0 Å². The van der Waals surface area contributed by atoms with Gasteiger partial charge in [-0.1, -0.05) is 32.0 Å². The number of nitrogens with one attached hydrogen (secondary N) is 2. The van der Waals surface area contributed by atoms with Crippen LogP contribution in [0.25, 0.3) is 0 Å². The molecule has 1 aromatic rings. The van der Waals surface area contributed by atoms with E-state index in [9.17, 15) is 27.6 Å². The molecule has 2 heterocycles. The van der Waals surface area contributed by atoms with E-state index in [0.717, 1.165) is 18.9 Å². The zero-order valence-electron chi connectivity index (χ0n) is 18.7. The van der Waals surface area contributed by atoms with Gasteiger partial charge in [0.25, 0.3) is 5.91 Å². The van der Waals surface area contributed by atoms with Crippen molar-refractivity contribution in [2.24, 2.45) is 5.92 Å². The van der Waals surface area contributed by atoms with Crippen LogP contribution < -0.4 is 10.6 Å². The van der Waals surface area contributed by atoms with Crippen molar-refractivity contribution < 1.29 is 27.6 Å². The molecule has 0 aromatic heterocycles. The molecule has 1 saturated carbocycles. The Hall–Kier alpha value is -3.04. The Morgan fingerprint density at radius 3 is 2.45 bits per heavy atom. The van der Waals surface area contributed by atoms with E-state index in [1.54, 1.807) is 6.92 Å². The van der Waals surface area contributed by atoms with Gasteiger partial charge in [0.15, 0.2) is 0 Å². The van der Waals surface area contributed by atoms with Crippen LogP contribution in [0.4, 0.5) is 18.0 Å². The molecule has 0 spiro atoms. The number of benzene rings is 1. The van der Waals surface area contributed by atoms with Gasteiger partial charge in [-0.15, -0.1) is 0 Å². The van der Waals surface area contributed by atoms with E-state index in [0.29, 0.717) is 5.70 Å². The van der Waals surface area contributed by atoms with Gasteiger partial charge in [-0.2, -0.15) is 13.2 Å². The van der Waals surface area contributed by atoms with Crippen LogP contribution in [0.5, 0.6) is 0 Å². The number of urea groups is 1. The molecule has 0 bridgehead atoms. The van der Waals surface area contributed by atoms with Crippen LogP contribution in [-0.4, -0.2) is 52.8 Å². The summed E-state index contributed by atoms with van der Waals surface area (Å²) in [5, 5.41) is 5.51. The molecule has 0 radical (unpaired) electrons. The summed E-state index contributed by atoms with van der Waals surface area (Å²) in [5.74, 6) is -1.04. The number of amides is 4. The molecule has 33 heavy (non-hydrogen) atoms. The summed E-state index contributed by atoms with van der Waals surface area (Å²) in [6, 6.07) is 2.39. The maximum Gasteiger partial charge on any atom is 0.416 e. The molecule has 1 fully saturated rings. The highest BCUT2D eigenvalue weighted by molar-refractivity contribution is 6.03. The predicted molar refractivity (Wildman–Crippen MR) is 114 cm³/mol. The number of rotatable bonds is 6. The summed E-state index contributed by atoms with van der Waals surface area (Å²) in [4.78, 5) is 42.1. The maximum absolute atomic E-state index is 13.7. The summed E-state index contributed by atoms with van der Waals surface area (Å²) in [6.45, 7) is 5.58. The molecule has 1 aliphatic carbocycles. The molecule has 4 rings (SSSR count). The van der Waals surface area contributed by atoms with E-state index in [2.05, 4.69) is 10.6 Å². The van der Waals surface area contributed by atoms with Crippen molar-refractivity contribution in [1.82, 2.24) is 20.4 Å². The van der Waals surface area contributed by atoms with Gasteiger partial charge in [0, 0.05) is 12.6 Å². The van der Waals surface area contributed by atoms with E-state index in [1.807, 2.05) is 13.8 Å². The summed E-state index contributed by atoms with van der Waals surface area (Å²) in [6.07, 6.45) is -2.88. The van der Waals surface area contributed by atoms with Gasteiger partial charge in [0.2, 0.25) is 5.91 Å². The third-order valence-electron chi connectivity index (χ3n) is 6.30. The first-order valence-electron chi connectivity index (χ1n) is 11.1. The Morgan fingerprint density at radius 2 is 1.88 bits per heavy atom. The lowest BCUT2D eigenvalue weighted by molar-refractivity contribution is -0.139. The number of hydrogen-bond donors (Lipinski definition) is 2. The Balaban J connectivity index is 1.76. The monoisotopic (exact) mass is 464 g/mol. The Kier molecular flexibility index (Phi) is 5.88. The molecule has 0 unspecified atom stereocenters. The van der Waals surface area contributed by atoms with Crippen LogP contribution in [0.1, 0.15) is 50.8 Å². The van der Waals surface area contributed by atoms with Crippen molar-refractivity contribution in [3.63, 3.8) is 0 Å². The zero-order valence-corrected chi connectivity index (χ0v) is 18.7. The van der Waals surface area contributed by atoms with Crippen LogP contribution in [-0.2, 0) is 15.8 Å². The molecule has 178 valence electrons. The summed E-state index contributed by atoms with van der Waals surface area (Å²) in [7, 11) is 0. The molecule has 2 aliphatic heterocycles. The van der Waals surface area contributed by atoms with Gasteiger partial charge >= 0.3 is 12.2 Å². The van der Waals surface area contributed by atoms with E-state index < -0.39 is 35.8 Å². The van der Waals surface area contributed by atoms with Crippen molar-refractivity contribution >= 4 is 17.8 Å². The van der Waals surface area contributed by atoms with Crippen LogP contribution >= 0.6 is 0 Å². The van der Waals surface area contributed by atoms with Gasteiger partial charge in [0.1, 0.15) is 6.04 Å². The molecular weight excluding hydrogens is 437 g/mol. The van der Waals surface area contributed by atoms with Crippen molar-refractivity contribution in [3.05, 3.63) is 46.7 Å². The average molecular weight is 464 g/mol. The number of nitrogens with zero attached hydrogens (tertiary/aromatic N) is 2. The smallest absolute Gasteiger partial charge is 0.352 e. The maximum atomic E-state index is 13.7. The van der Waals surface area contributed by atoms with Gasteiger partial charge in [0.05, 0.1) is 29.4 Å². The minimum absolute atomic E-state index is 0.0129. The number of hydrogen-bond acceptors (Lipinski definition) is 3. The van der Waals surface area contributed by atoms with E-state index in [1.165, 1.54) is 28.0 Å². The second-order valence-corrected chi connectivity index (χ2v) is 8.98. The quantitative estimate of drug-likeness (QED) is 0.679. The largest absolute Gasteiger partial charge is 0.416 e. The highest BCUT2D eigenvalue weighted by Gasteiger charge is 2.49. The average Bonchev–Trinajstić information content (AvgIpc) is 3.49.